The maximum Gasteiger partial charge on any atom is 0.255 e. The first-order chi connectivity index (χ1) is 14.0. The molecule has 3 fully saturated rings. The molecule has 1 aromatic rings. The molecule has 0 spiro atoms. The molecule has 3 amide bonds. The fourth-order valence-electron chi connectivity index (χ4n) is 5.90. The number of carbonyl (C=O) groups is 3. The molecule has 4 aliphatic rings. The van der Waals surface area contributed by atoms with Gasteiger partial charge in [-0.1, -0.05) is 12.1 Å². The second-order valence-corrected chi connectivity index (χ2v) is 9.14. The molecule has 29 heavy (non-hydrogen) atoms. The van der Waals surface area contributed by atoms with Crippen LogP contribution in [0.3, 0.4) is 0 Å². The molecule has 0 radical (unpaired) electrons. The zero-order valence-electron chi connectivity index (χ0n) is 16.5. The summed E-state index contributed by atoms with van der Waals surface area (Å²) in [5.41, 5.74) is 8.91. The van der Waals surface area contributed by atoms with E-state index in [4.69, 9.17) is 5.73 Å². The van der Waals surface area contributed by atoms with Gasteiger partial charge in [-0.3, -0.25) is 19.7 Å². The van der Waals surface area contributed by atoms with Gasteiger partial charge in [0.1, 0.15) is 6.04 Å². The van der Waals surface area contributed by atoms with Gasteiger partial charge in [-0.05, 0) is 61.1 Å². The molecule has 154 valence electrons. The Hall–Kier alpha value is -2.25. The summed E-state index contributed by atoms with van der Waals surface area (Å²) < 4.78 is 0. The number of fused-ring (bicyclic) bond motifs is 2. The number of rotatable bonds is 4. The summed E-state index contributed by atoms with van der Waals surface area (Å²) in [4.78, 5) is 38.2. The van der Waals surface area contributed by atoms with Crippen molar-refractivity contribution in [1.29, 1.82) is 0 Å². The van der Waals surface area contributed by atoms with Crippen molar-refractivity contribution in [3.63, 3.8) is 0 Å². The molecule has 2 heterocycles. The normalized spacial score (nSPS) is 33.8. The van der Waals surface area contributed by atoms with Gasteiger partial charge in [0.2, 0.25) is 11.8 Å². The van der Waals surface area contributed by atoms with Crippen molar-refractivity contribution in [3.8, 4) is 0 Å². The highest BCUT2D eigenvalue weighted by molar-refractivity contribution is 6.05. The maximum atomic E-state index is 12.9. The van der Waals surface area contributed by atoms with Crippen LogP contribution in [-0.4, -0.2) is 40.7 Å². The number of imide groups is 1. The average Bonchev–Trinajstić information content (AvgIpc) is 3.32. The van der Waals surface area contributed by atoms with Gasteiger partial charge in [-0.25, -0.2) is 0 Å². The number of hydrogen-bond donors (Lipinski definition) is 3. The Labute approximate surface area is 170 Å². The van der Waals surface area contributed by atoms with E-state index in [-0.39, 0.29) is 24.1 Å². The maximum absolute atomic E-state index is 12.9. The molecule has 3 atom stereocenters. The largest absolute Gasteiger partial charge is 0.328 e. The van der Waals surface area contributed by atoms with Crippen molar-refractivity contribution in [2.24, 2.45) is 17.6 Å². The van der Waals surface area contributed by atoms with Gasteiger partial charge in [0.05, 0.1) is 0 Å². The van der Waals surface area contributed by atoms with E-state index in [1.165, 1.54) is 12.8 Å². The Bertz CT molecular complexity index is 856. The van der Waals surface area contributed by atoms with Gasteiger partial charge in [-0.15, -0.1) is 0 Å². The third kappa shape index (κ3) is 3.36. The molecule has 2 aliphatic carbocycles. The number of nitrogens with zero attached hydrogens (tertiary/aromatic N) is 1. The van der Waals surface area contributed by atoms with E-state index in [9.17, 15) is 14.4 Å². The monoisotopic (exact) mass is 396 g/mol. The van der Waals surface area contributed by atoms with Crippen molar-refractivity contribution < 1.29 is 14.4 Å². The minimum absolute atomic E-state index is 0.110. The van der Waals surface area contributed by atoms with Gasteiger partial charge in [-0.2, -0.15) is 0 Å². The van der Waals surface area contributed by atoms with E-state index >= 15 is 0 Å². The molecule has 3 unspecified atom stereocenters. The molecule has 4 N–H and O–H groups in total. The molecule has 2 saturated carbocycles. The van der Waals surface area contributed by atoms with Crippen LogP contribution in [0, 0.1) is 11.8 Å². The predicted octanol–water partition coefficient (Wildman–Crippen LogP) is 1.05. The van der Waals surface area contributed by atoms with Crippen LogP contribution in [0.25, 0.3) is 0 Å². The van der Waals surface area contributed by atoms with Gasteiger partial charge in [0.25, 0.3) is 5.91 Å². The zero-order valence-corrected chi connectivity index (χ0v) is 16.5. The van der Waals surface area contributed by atoms with E-state index in [1.807, 2.05) is 12.1 Å². The van der Waals surface area contributed by atoms with Crippen molar-refractivity contribution in [2.45, 2.75) is 69.7 Å². The number of nitrogens with one attached hydrogen (secondary N) is 2. The molecule has 2 aliphatic heterocycles. The van der Waals surface area contributed by atoms with Gasteiger partial charge in [0, 0.05) is 37.2 Å². The van der Waals surface area contributed by atoms with Crippen LogP contribution in [0.2, 0.25) is 0 Å². The third-order valence-corrected chi connectivity index (χ3v) is 7.31. The van der Waals surface area contributed by atoms with Crippen LogP contribution >= 0.6 is 0 Å². The first-order valence-corrected chi connectivity index (χ1v) is 10.7. The summed E-state index contributed by atoms with van der Waals surface area (Å²) in [6.45, 7) is 1.17. The van der Waals surface area contributed by atoms with Gasteiger partial charge in [0.15, 0.2) is 0 Å². The quantitative estimate of drug-likeness (QED) is 0.660. The summed E-state index contributed by atoms with van der Waals surface area (Å²) in [6.07, 6.45) is 5.35. The second kappa shape index (κ2) is 7.22. The summed E-state index contributed by atoms with van der Waals surface area (Å²) in [7, 11) is 0. The molecule has 7 nitrogen and oxygen atoms in total. The Balaban J connectivity index is 1.26. The second-order valence-electron chi connectivity index (χ2n) is 9.14. The van der Waals surface area contributed by atoms with Crippen molar-refractivity contribution in [1.82, 2.24) is 15.5 Å². The number of amides is 3. The minimum atomic E-state index is -0.563. The van der Waals surface area contributed by atoms with Crippen LogP contribution in [0.1, 0.15) is 60.0 Å². The van der Waals surface area contributed by atoms with Crippen LogP contribution < -0.4 is 16.4 Å². The molecule has 0 bridgehead atoms. The van der Waals surface area contributed by atoms with Crippen LogP contribution in [0.15, 0.2) is 18.2 Å². The van der Waals surface area contributed by atoms with E-state index < -0.39 is 6.04 Å². The Morgan fingerprint density at radius 1 is 1.10 bits per heavy atom. The van der Waals surface area contributed by atoms with E-state index in [0.29, 0.717) is 30.6 Å². The lowest BCUT2D eigenvalue weighted by Crippen LogP contribution is -2.52. The zero-order chi connectivity index (χ0) is 20.1. The molecule has 1 aromatic carbocycles. The number of carbonyl (C=O) groups excluding carboxylic acids is 3. The third-order valence-electron chi connectivity index (χ3n) is 7.31. The van der Waals surface area contributed by atoms with Crippen molar-refractivity contribution in [3.05, 3.63) is 34.9 Å². The van der Waals surface area contributed by atoms with Crippen molar-refractivity contribution in [2.75, 3.05) is 0 Å². The fourth-order valence-corrected chi connectivity index (χ4v) is 5.90. The Morgan fingerprint density at radius 2 is 1.86 bits per heavy atom. The average molecular weight is 396 g/mol. The smallest absolute Gasteiger partial charge is 0.255 e. The van der Waals surface area contributed by atoms with E-state index in [0.717, 1.165) is 42.3 Å². The van der Waals surface area contributed by atoms with E-state index in [2.05, 4.69) is 16.7 Å². The lowest BCUT2D eigenvalue weighted by atomic mass is 10.0. The number of nitrogens with two attached hydrogens (primary N) is 1. The van der Waals surface area contributed by atoms with Gasteiger partial charge < -0.3 is 16.0 Å². The molecular formula is C22H28N4O3. The fraction of sp³-hybridized carbons (Fsp3) is 0.591. The van der Waals surface area contributed by atoms with Crippen LogP contribution in [-0.2, 0) is 22.7 Å². The van der Waals surface area contributed by atoms with Crippen LogP contribution in [0.5, 0.6) is 0 Å². The van der Waals surface area contributed by atoms with Crippen LogP contribution in [0.4, 0.5) is 0 Å². The Morgan fingerprint density at radius 3 is 2.59 bits per heavy atom. The summed E-state index contributed by atoms with van der Waals surface area (Å²) in [6, 6.07) is 6.16. The topological polar surface area (TPSA) is 105 Å². The number of hydrogen-bond acceptors (Lipinski definition) is 5. The standard InChI is InChI=1S/C22H28N4O3/c23-15-6-13-8-16(9-14(13)7-15)24-10-12-2-1-3-17-18(12)11-26(22(17)29)19-4-5-20(27)25-21(19)28/h1-3,13-16,19,24H,4-11,23H2,(H,25,27,28). The highest BCUT2D eigenvalue weighted by Gasteiger charge is 2.41. The first-order valence-electron chi connectivity index (χ1n) is 10.7. The van der Waals surface area contributed by atoms with Crippen molar-refractivity contribution >= 4 is 17.7 Å². The van der Waals surface area contributed by atoms with E-state index in [1.54, 1.807) is 4.90 Å². The SMILES string of the molecule is NC1CC2CC(NCc3cccc4c3CN(C3CCC(=O)NC3=O)C4=O)CC2C1. The number of piperidine rings is 1. The highest BCUT2D eigenvalue weighted by Crippen LogP contribution is 2.43. The number of benzene rings is 1. The molecule has 0 aromatic heterocycles. The predicted molar refractivity (Wildman–Crippen MR) is 107 cm³/mol. The lowest BCUT2D eigenvalue weighted by molar-refractivity contribution is -0.136. The Kier molecular flexibility index (Phi) is 4.67. The summed E-state index contributed by atoms with van der Waals surface area (Å²) >= 11 is 0. The summed E-state index contributed by atoms with van der Waals surface area (Å²) in [5, 5.41) is 6.06. The van der Waals surface area contributed by atoms with Gasteiger partial charge >= 0.3 is 0 Å². The first kappa shape index (κ1) is 18.8. The molecule has 7 heteroatoms. The molecule has 5 rings (SSSR count). The lowest BCUT2D eigenvalue weighted by Gasteiger charge is -2.29. The highest BCUT2D eigenvalue weighted by atomic mass is 16.2. The summed E-state index contributed by atoms with van der Waals surface area (Å²) in [5.74, 6) is 0.781. The molecular weight excluding hydrogens is 368 g/mol. The molecule has 1 saturated heterocycles. The minimum Gasteiger partial charge on any atom is -0.328 e.